The second-order valence-corrected chi connectivity index (χ2v) is 2.06. The monoisotopic (exact) mass is 151 g/mol. The molecule has 0 aromatic rings. The lowest BCUT2D eigenvalue weighted by molar-refractivity contribution is 0.633. The Morgan fingerprint density at radius 3 is 2.22 bits per heavy atom. The van der Waals surface area contributed by atoms with Crippen LogP contribution < -0.4 is 5.32 Å². The molecule has 0 aliphatic rings. The van der Waals surface area contributed by atoms with Gasteiger partial charge in [0.15, 0.2) is 0 Å². The average molecular weight is 152 g/mol. The number of rotatable bonds is 5. The van der Waals surface area contributed by atoms with Gasteiger partial charge in [-0.25, -0.2) is 0 Å². The summed E-state index contributed by atoms with van der Waals surface area (Å²) in [6.45, 7) is 6.69. The van der Waals surface area contributed by atoms with Crippen molar-refractivity contribution in [2.24, 2.45) is 0 Å². The molecule has 0 saturated heterocycles. The van der Waals surface area contributed by atoms with Gasteiger partial charge in [-0.15, -0.1) is 12.4 Å². The van der Waals surface area contributed by atoms with Crippen molar-refractivity contribution in [2.75, 3.05) is 13.1 Å². The molecule has 1 nitrogen and oxygen atoms in total. The molecule has 0 spiro atoms. The molecule has 0 aliphatic heterocycles. The van der Waals surface area contributed by atoms with Gasteiger partial charge in [-0.1, -0.05) is 26.7 Å². The fourth-order valence-corrected chi connectivity index (χ4v) is 0.677. The fraction of sp³-hybridized carbons (Fsp3) is 1.00. The molecule has 2 heteroatoms. The maximum atomic E-state index is 3.28. The van der Waals surface area contributed by atoms with Gasteiger partial charge < -0.3 is 5.32 Å². The first-order valence-electron chi connectivity index (χ1n) is 3.62. The standard InChI is InChI=1S/C7H17N.ClH/c1-3-5-6-7-8-4-2;/h8H,3-7H2,1-2H3;1H. The van der Waals surface area contributed by atoms with Crippen molar-refractivity contribution in [3.63, 3.8) is 0 Å². The zero-order valence-electron chi connectivity index (χ0n) is 6.44. The molecule has 0 fully saturated rings. The van der Waals surface area contributed by atoms with E-state index in [1.807, 2.05) is 0 Å². The maximum Gasteiger partial charge on any atom is -0.00490 e. The van der Waals surface area contributed by atoms with Crippen LogP contribution in [0, 0.1) is 0 Å². The van der Waals surface area contributed by atoms with E-state index in [4.69, 9.17) is 0 Å². The van der Waals surface area contributed by atoms with Gasteiger partial charge in [-0.3, -0.25) is 0 Å². The van der Waals surface area contributed by atoms with Crippen LogP contribution in [-0.4, -0.2) is 13.1 Å². The Kier molecular flexibility index (Phi) is 14.8. The van der Waals surface area contributed by atoms with Crippen LogP contribution in [0.15, 0.2) is 0 Å². The predicted molar refractivity (Wildman–Crippen MR) is 45.3 cm³/mol. The summed E-state index contributed by atoms with van der Waals surface area (Å²) in [7, 11) is 0. The lowest BCUT2D eigenvalue weighted by Gasteiger charge is -1.97. The first kappa shape index (κ1) is 12.0. The van der Waals surface area contributed by atoms with Crippen molar-refractivity contribution in [1.82, 2.24) is 5.32 Å². The van der Waals surface area contributed by atoms with Crippen LogP contribution in [0.2, 0.25) is 0 Å². The third kappa shape index (κ3) is 11.7. The van der Waals surface area contributed by atoms with E-state index in [9.17, 15) is 0 Å². The highest BCUT2D eigenvalue weighted by Crippen LogP contribution is 1.89. The van der Waals surface area contributed by atoms with Crippen LogP contribution in [0.3, 0.4) is 0 Å². The molecule has 9 heavy (non-hydrogen) atoms. The van der Waals surface area contributed by atoms with Gasteiger partial charge in [-0.2, -0.15) is 0 Å². The van der Waals surface area contributed by atoms with E-state index in [1.54, 1.807) is 0 Å². The highest BCUT2D eigenvalue weighted by Gasteiger charge is 1.81. The molecule has 0 aromatic heterocycles. The summed E-state index contributed by atoms with van der Waals surface area (Å²) in [6, 6.07) is 0. The SMILES string of the molecule is CCCCCNCC.Cl. The van der Waals surface area contributed by atoms with E-state index in [0.29, 0.717) is 0 Å². The van der Waals surface area contributed by atoms with Crippen LogP contribution in [0.25, 0.3) is 0 Å². The van der Waals surface area contributed by atoms with Crippen LogP contribution in [0.1, 0.15) is 33.1 Å². The smallest absolute Gasteiger partial charge is 0.00490 e. The quantitative estimate of drug-likeness (QED) is 0.595. The van der Waals surface area contributed by atoms with Crippen molar-refractivity contribution in [3.05, 3.63) is 0 Å². The summed E-state index contributed by atoms with van der Waals surface area (Å²) >= 11 is 0. The Balaban J connectivity index is 0. The van der Waals surface area contributed by atoms with Gasteiger partial charge >= 0.3 is 0 Å². The third-order valence-corrected chi connectivity index (χ3v) is 1.21. The summed E-state index contributed by atoms with van der Waals surface area (Å²) in [6.07, 6.45) is 4.03. The Morgan fingerprint density at radius 2 is 1.78 bits per heavy atom. The van der Waals surface area contributed by atoms with Crippen molar-refractivity contribution in [2.45, 2.75) is 33.1 Å². The molecule has 0 amide bonds. The molecule has 0 rings (SSSR count). The summed E-state index contributed by atoms with van der Waals surface area (Å²) in [5.41, 5.74) is 0. The van der Waals surface area contributed by atoms with E-state index in [-0.39, 0.29) is 12.4 Å². The lowest BCUT2D eigenvalue weighted by atomic mass is 10.2. The first-order valence-corrected chi connectivity index (χ1v) is 3.62. The zero-order valence-corrected chi connectivity index (χ0v) is 7.26. The molecular formula is C7H18ClN. The molecule has 58 valence electrons. The van der Waals surface area contributed by atoms with Crippen molar-refractivity contribution >= 4 is 12.4 Å². The van der Waals surface area contributed by atoms with E-state index >= 15 is 0 Å². The molecule has 0 saturated carbocycles. The molecular weight excluding hydrogens is 134 g/mol. The molecule has 0 unspecified atom stereocenters. The van der Waals surface area contributed by atoms with E-state index in [0.717, 1.165) is 6.54 Å². The summed E-state index contributed by atoms with van der Waals surface area (Å²) in [5.74, 6) is 0. The molecule has 1 N–H and O–H groups in total. The Bertz CT molecular complexity index is 33.9. The van der Waals surface area contributed by atoms with E-state index < -0.39 is 0 Å². The van der Waals surface area contributed by atoms with Gasteiger partial charge in [0.25, 0.3) is 0 Å². The Labute approximate surface area is 64.6 Å². The van der Waals surface area contributed by atoms with Crippen molar-refractivity contribution < 1.29 is 0 Å². The molecule has 0 radical (unpaired) electrons. The highest BCUT2D eigenvalue weighted by molar-refractivity contribution is 5.85. The molecule has 0 atom stereocenters. The minimum atomic E-state index is 0. The minimum Gasteiger partial charge on any atom is -0.317 e. The second kappa shape index (κ2) is 11.1. The zero-order chi connectivity index (χ0) is 6.24. The predicted octanol–water partition coefficient (Wildman–Crippen LogP) is 2.21. The topological polar surface area (TPSA) is 12.0 Å². The normalized spacial score (nSPS) is 8.67. The van der Waals surface area contributed by atoms with Gasteiger partial charge in [0.2, 0.25) is 0 Å². The van der Waals surface area contributed by atoms with Gasteiger partial charge in [0.1, 0.15) is 0 Å². The van der Waals surface area contributed by atoms with Gasteiger partial charge in [-0.05, 0) is 19.5 Å². The number of nitrogens with one attached hydrogen (secondary N) is 1. The van der Waals surface area contributed by atoms with Gasteiger partial charge in [0.05, 0.1) is 0 Å². The first-order chi connectivity index (χ1) is 3.91. The summed E-state index contributed by atoms with van der Waals surface area (Å²) in [5, 5.41) is 3.28. The molecule has 0 heterocycles. The van der Waals surface area contributed by atoms with Crippen LogP contribution in [0.5, 0.6) is 0 Å². The molecule has 0 aromatic carbocycles. The highest BCUT2D eigenvalue weighted by atomic mass is 35.5. The Hall–Kier alpha value is 0.250. The van der Waals surface area contributed by atoms with Crippen molar-refractivity contribution in [1.29, 1.82) is 0 Å². The Morgan fingerprint density at radius 1 is 1.11 bits per heavy atom. The number of hydrogen-bond acceptors (Lipinski definition) is 1. The maximum absolute atomic E-state index is 3.28. The lowest BCUT2D eigenvalue weighted by Crippen LogP contribution is -2.13. The summed E-state index contributed by atoms with van der Waals surface area (Å²) < 4.78 is 0. The second-order valence-electron chi connectivity index (χ2n) is 2.06. The minimum absolute atomic E-state index is 0. The summed E-state index contributed by atoms with van der Waals surface area (Å²) in [4.78, 5) is 0. The fourth-order valence-electron chi connectivity index (χ4n) is 0.677. The average Bonchev–Trinajstić information content (AvgIpc) is 1.81. The van der Waals surface area contributed by atoms with E-state index in [1.165, 1.54) is 25.8 Å². The van der Waals surface area contributed by atoms with Gasteiger partial charge in [0, 0.05) is 0 Å². The van der Waals surface area contributed by atoms with Crippen LogP contribution >= 0.6 is 12.4 Å². The molecule has 0 bridgehead atoms. The number of halogens is 1. The molecule has 0 aliphatic carbocycles. The largest absolute Gasteiger partial charge is 0.317 e. The van der Waals surface area contributed by atoms with Crippen LogP contribution in [-0.2, 0) is 0 Å². The number of hydrogen-bond donors (Lipinski definition) is 1. The third-order valence-electron chi connectivity index (χ3n) is 1.21. The number of unbranched alkanes of at least 4 members (excludes halogenated alkanes) is 2. The van der Waals surface area contributed by atoms with Crippen molar-refractivity contribution in [3.8, 4) is 0 Å². The van der Waals surface area contributed by atoms with E-state index in [2.05, 4.69) is 19.2 Å². The van der Waals surface area contributed by atoms with Crippen LogP contribution in [0.4, 0.5) is 0 Å².